The molecule has 0 aliphatic rings. The normalized spacial score (nSPS) is 11.5. The monoisotopic (exact) mass is 473 g/mol. The Labute approximate surface area is 190 Å². The van der Waals surface area contributed by atoms with E-state index in [2.05, 4.69) is 35.6 Å². The number of halogens is 3. The molecule has 0 fully saturated rings. The second kappa shape index (κ2) is 13.6. The predicted octanol–water partition coefficient (Wildman–Crippen LogP) is 2.61. The minimum absolute atomic E-state index is 0.103. The Morgan fingerprint density at radius 1 is 0.879 bits per heavy atom. The maximum atomic E-state index is 12.3. The summed E-state index contributed by atoms with van der Waals surface area (Å²) in [4.78, 5) is 13.0. The summed E-state index contributed by atoms with van der Waals surface area (Å²) in [5.74, 6) is 0.763. The number of anilines is 3. The number of alkyl halides is 3. The van der Waals surface area contributed by atoms with E-state index in [1.165, 1.54) is 24.3 Å². The molecule has 10 nitrogen and oxygen atoms in total. The van der Waals surface area contributed by atoms with Crippen LogP contribution < -0.4 is 26.4 Å². The van der Waals surface area contributed by atoms with Gasteiger partial charge < -0.3 is 35.9 Å². The van der Waals surface area contributed by atoms with Crippen LogP contribution in [0.15, 0.2) is 24.3 Å². The van der Waals surface area contributed by atoms with Crippen LogP contribution in [0.2, 0.25) is 0 Å². The van der Waals surface area contributed by atoms with Crippen molar-refractivity contribution in [1.29, 1.82) is 0 Å². The molecule has 0 amide bonds. The molecule has 13 heteroatoms. The van der Waals surface area contributed by atoms with Gasteiger partial charge in [-0.2, -0.15) is 15.0 Å². The number of rotatable bonds is 15. The number of aromatic nitrogens is 3. The van der Waals surface area contributed by atoms with E-state index in [1.54, 1.807) is 0 Å². The van der Waals surface area contributed by atoms with Gasteiger partial charge in [0.25, 0.3) is 0 Å². The molecule has 33 heavy (non-hydrogen) atoms. The van der Waals surface area contributed by atoms with E-state index in [0.29, 0.717) is 63.9 Å². The van der Waals surface area contributed by atoms with Gasteiger partial charge in [-0.15, -0.1) is 13.2 Å². The Hall–Kier alpha value is -2.90. The van der Waals surface area contributed by atoms with Crippen molar-refractivity contribution in [3.8, 4) is 5.75 Å². The highest BCUT2D eigenvalue weighted by Crippen LogP contribution is 2.23. The van der Waals surface area contributed by atoms with Gasteiger partial charge in [0, 0.05) is 25.7 Å². The molecule has 0 saturated carbocycles. The predicted molar refractivity (Wildman–Crippen MR) is 118 cm³/mol. The van der Waals surface area contributed by atoms with Crippen molar-refractivity contribution >= 4 is 17.8 Å². The summed E-state index contributed by atoms with van der Waals surface area (Å²) < 4.78 is 51.4. The SMILES string of the molecule is CC(C)Nc1nc(NCCOCCOCCN)nc(NCc2ccc(OC(F)(F)F)cc2)n1. The number of nitrogens with two attached hydrogens (primary N) is 1. The maximum Gasteiger partial charge on any atom is 0.573 e. The first-order valence-electron chi connectivity index (χ1n) is 10.5. The van der Waals surface area contributed by atoms with Gasteiger partial charge in [0.2, 0.25) is 17.8 Å². The quantitative estimate of drug-likeness (QED) is 0.287. The third-order valence-electron chi connectivity index (χ3n) is 3.82. The summed E-state index contributed by atoms with van der Waals surface area (Å²) in [6.07, 6.45) is -4.73. The molecule has 0 unspecified atom stereocenters. The van der Waals surface area contributed by atoms with E-state index >= 15 is 0 Å². The molecule has 0 radical (unpaired) electrons. The smallest absolute Gasteiger partial charge is 0.406 e. The van der Waals surface area contributed by atoms with Crippen LogP contribution in [0.3, 0.4) is 0 Å². The Morgan fingerprint density at radius 2 is 1.48 bits per heavy atom. The second-order valence-electron chi connectivity index (χ2n) is 7.09. The molecule has 2 aromatic rings. The zero-order chi connectivity index (χ0) is 24.1. The van der Waals surface area contributed by atoms with Crippen molar-refractivity contribution in [3.63, 3.8) is 0 Å². The standard InChI is InChI=1S/C20H30F3N7O3/c1-14(2)27-19-29-17(25-8-10-32-12-11-31-9-7-24)28-18(30-19)26-13-15-3-5-16(6-4-15)33-20(21,22)23/h3-6,14H,7-13,24H2,1-2H3,(H3,25,26,27,28,29,30). The molecule has 0 spiro atoms. The van der Waals surface area contributed by atoms with E-state index in [1.807, 2.05) is 13.8 Å². The van der Waals surface area contributed by atoms with Gasteiger partial charge >= 0.3 is 6.36 Å². The van der Waals surface area contributed by atoms with Gasteiger partial charge in [0.1, 0.15) is 5.75 Å². The van der Waals surface area contributed by atoms with Crippen LogP contribution in [0.4, 0.5) is 31.0 Å². The molecule has 0 aliphatic carbocycles. The van der Waals surface area contributed by atoms with Crippen LogP contribution in [-0.4, -0.2) is 66.9 Å². The first kappa shape index (κ1) is 26.4. The summed E-state index contributed by atoms with van der Waals surface area (Å²) in [6.45, 7) is 7.01. The zero-order valence-corrected chi connectivity index (χ0v) is 18.6. The third kappa shape index (κ3) is 11.5. The number of nitrogens with zero attached hydrogens (tertiary/aromatic N) is 3. The fourth-order valence-electron chi connectivity index (χ4n) is 2.49. The molecule has 0 saturated heterocycles. The molecule has 0 atom stereocenters. The summed E-state index contributed by atoms with van der Waals surface area (Å²) in [5.41, 5.74) is 6.07. The third-order valence-corrected chi connectivity index (χ3v) is 3.82. The van der Waals surface area contributed by atoms with Crippen LogP contribution in [-0.2, 0) is 16.0 Å². The summed E-state index contributed by atoms with van der Waals surface area (Å²) in [5, 5.41) is 9.25. The van der Waals surface area contributed by atoms with Gasteiger partial charge in [-0.05, 0) is 31.5 Å². The van der Waals surface area contributed by atoms with Gasteiger partial charge in [-0.1, -0.05) is 12.1 Å². The van der Waals surface area contributed by atoms with Crippen molar-refractivity contribution in [2.75, 3.05) is 55.5 Å². The fraction of sp³-hybridized carbons (Fsp3) is 0.550. The molecule has 1 heterocycles. The van der Waals surface area contributed by atoms with Gasteiger partial charge in [0.15, 0.2) is 0 Å². The lowest BCUT2D eigenvalue weighted by Gasteiger charge is -2.13. The van der Waals surface area contributed by atoms with Gasteiger partial charge in [-0.3, -0.25) is 0 Å². The number of nitrogens with one attached hydrogen (secondary N) is 3. The lowest BCUT2D eigenvalue weighted by molar-refractivity contribution is -0.274. The largest absolute Gasteiger partial charge is 0.573 e. The number of ether oxygens (including phenoxy) is 3. The van der Waals surface area contributed by atoms with E-state index in [4.69, 9.17) is 15.2 Å². The van der Waals surface area contributed by atoms with E-state index in [9.17, 15) is 13.2 Å². The van der Waals surface area contributed by atoms with Crippen LogP contribution in [0.25, 0.3) is 0 Å². The Kier molecular flexibility index (Phi) is 10.9. The minimum atomic E-state index is -4.73. The Morgan fingerprint density at radius 3 is 2.09 bits per heavy atom. The molecule has 184 valence electrons. The molecule has 0 aliphatic heterocycles. The van der Waals surface area contributed by atoms with Crippen molar-refractivity contribution in [1.82, 2.24) is 15.0 Å². The van der Waals surface area contributed by atoms with Crippen LogP contribution in [0.5, 0.6) is 5.75 Å². The molecular formula is C20H30F3N7O3. The Balaban J connectivity index is 1.90. The average molecular weight is 474 g/mol. The Bertz CT molecular complexity index is 824. The molecule has 2 rings (SSSR count). The van der Waals surface area contributed by atoms with Crippen molar-refractivity contribution in [2.45, 2.75) is 32.8 Å². The first-order chi connectivity index (χ1) is 15.7. The summed E-state index contributed by atoms with van der Waals surface area (Å²) >= 11 is 0. The van der Waals surface area contributed by atoms with Gasteiger partial charge in [0.05, 0.1) is 26.4 Å². The molecular weight excluding hydrogens is 443 g/mol. The van der Waals surface area contributed by atoms with Gasteiger partial charge in [-0.25, -0.2) is 0 Å². The number of hydrogen-bond acceptors (Lipinski definition) is 10. The highest BCUT2D eigenvalue weighted by Gasteiger charge is 2.30. The molecule has 0 bridgehead atoms. The summed E-state index contributed by atoms with van der Waals surface area (Å²) in [7, 11) is 0. The average Bonchev–Trinajstić information content (AvgIpc) is 2.73. The minimum Gasteiger partial charge on any atom is -0.406 e. The number of benzene rings is 1. The zero-order valence-electron chi connectivity index (χ0n) is 18.6. The van der Waals surface area contributed by atoms with Crippen molar-refractivity contribution in [3.05, 3.63) is 29.8 Å². The van der Waals surface area contributed by atoms with Crippen LogP contribution >= 0.6 is 0 Å². The number of hydrogen-bond donors (Lipinski definition) is 4. The lowest BCUT2D eigenvalue weighted by atomic mass is 10.2. The topological polar surface area (TPSA) is 128 Å². The summed E-state index contributed by atoms with van der Waals surface area (Å²) in [6, 6.07) is 5.65. The van der Waals surface area contributed by atoms with Crippen molar-refractivity contribution < 1.29 is 27.4 Å². The van der Waals surface area contributed by atoms with E-state index < -0.39 is 6.36 Å². The van der Waals surface area contributed by atoms with Crippen LogP contribution in [0, 0.1) is 0 Å². The lowest BCUT2D eigenvalue weighted by Crippen LogP contribution is -2.18. The van der Waals surface area contributed by atoms with Crippen LogP contribution in [0.1, 0.15) is 19.4 Å². The van der Waals surface area contributed by atoms with E-state index in [-0.39, 0.29) is 11.8 Å². The molecule has 1 aromatic carbocycles. The highest BCUT2D eigenvalue weighted by molar-refractivity contribution is 5.43. The second-order valence-corrected chi connectivity index (χ2v) is 7.09. The molecule has 5 N–H and O–H groups in total. The molecule has 1 aromatic heterocycles. The van der Waals surface area contributed by atoms with E-state index in [0.717, 1.165) is 5.56 Å². The highest BCUT2D eigenvalue weighted by atomic mass is 19.4. The maximum absolute atomic E-state index is 12.3. The first-order valence-corrected chi connectivity index (χ1v) is 10.5. The fourth-order valence-corrected chi connectivity index (χ4v) is 2.49. The van der Waals surface area contributed by atoms with Crippen molar-refractivity contribution in [2.24, 2.45) is 5.73 Å².